The average Bonchev–Trinajstić information content (AvgIpc) is 2.82. The van der Waals surface area contributed by atoms with Gasteiger partial charge in [-0.3, -0.25) is 14.9 Å². The molecule has 0 atom stereocenters. The van der Waals surface area contributed by atoms with Crippen LogP contribution in [0.2, 0.25) is 0 Å². The number of hydrogen-bond donors (Lipinski definition) is 1. The van der Waals surface area contributed by atoms with Crippen LogP contribution in [0.15, 0.2) is 34.7 Å². The zero-order valence-corrected chi connectivity index (χ0v) is 11.4. The average molecular weight is 376 g/mol. The molecular formula is C11H6FIN2O4. The maximum absolute atomic E-state index is 12.9. The number of nitrogens with one attached hydrogen (secondary N) is 1. The number of nitro groups is 1. The molecule has 1 N–H and O–H groups in total. The minimum atomic E-state index is -0.738. The minimum absolute atomic E-state index is 0.188. The highest BCUT2D eigenvalue weighted by Gasteiger charge is 2.18. The maximum Gasteiger partial charge on any atom is 0.433 e. The summed E-state index contributed by atoms with van der Waals surface area (Å²) in [5, 5.41) is 12.9. The van der Waals surface area contributed by atoms with E-state index in [0.29, 0.717) is 9.26 Å². The molecule has 0 radical (unpaired) electrons. The number of rotatable bonds is 3. The van der Waals surface area contributed by atoms with E-state index in [2.05, 4.69) is 5.32 Å². The van der Waals surface area contributed by atoms with Gasteiger partial charge in [0.25, 0.3) is 5.91 Å². The number of benzene rings is 1. The van der Waals surface area contributed by atoms with Crippen molar-refractivity contribution >= 4 is 40.1 Å². The van der Waals surface area contributed by atoms with E-state index < -0.39 is 22.5 Å². The summed E-state index contributed by atoms with van der Waals surface area (Å²) >= 11 is 1.86. The van der Waals surface area contributed by atoms with Crippen molar-refractivity contribution in [1.82, 2.24) is 0 Å². The van der Waals surface area contributed by atoms with Gasteiger partial charge in [0, 0.05) is 3.57 Å². The number of hydrogen-bond acceptors (Lipinski definition) is 4. The second kappa shape index (κ2) is 5.34. The highest BCUT2D eigenvalue weighted by atomic mass is 127. The van der Waals surface area contributed by atoms with Gasteiger partial charge in [-0.1, -0.05) is 0 Å². The Hall–Kier alpha value is -1.97. The lowest BCUT2D eigenvalue weighted by Crippen LogP contribution is -2.11. The molecule has 1 amide bonds. The van der Waals surface area contributed by atoms with Crippen LogP contribution in [0.25, 0.3) is 0 Å². The molecule has 0 unspecified atom stereocenters. The third kappa shape index (κ3) is 3.08. The Morgan fingerprint density at radius 3 is 2.68 bits per heavy atom. The fraction of sp³-hybridized carbons (Fsp3) is 0. The Bertz CT molecular complexity index is 656. The SMILES string of the molecule is O=C(Nc1ccc(F)cc1I)c1ccc([N+](=O)[O-])o1. The number of furan rings is 1. The Morgan fingerprint density at radius 2 is 2.11 bits per heavy atom. The van der Waals surface area contributed by atoms with Gasteiger partial charge in [-0.25, -0.2) is 4.39 Å². The summed E-state index contributed by atoms with van der Waals surface area (Å²) in [6.45, 7) is 0. The topological polar surface area (TPSA) is 85.4 Å². The molecule has 0 aliphatic carbocycles. The molecule has 1 heterocycles. The third-order valence-electron chi connectivity index (χ3n) is 2.17. The van der Waals surface area contributed by atoms with Gasteiger partial charge in [0.05, 0.1) is 11.8 Å². The molecule has 2 aromatic rings. The van der Waals surface area contributed by atoms with Crippen LogP contribution in [0.3, 0.4) is 0 Å². The largest absolute Gasteiger partial charge is 0.433 e. The van der Waals surface area contributed by atoms with Crippen LogP contribution in [0.4, 0.5) is 16.0 Å². The van der Waals surface area contributed by atoms with Crippen LogP contribution < -0.4 is 5.32 Å². The van der Waals surface area contributed by atoms with E-state index in [1.54, 1.807) is 0 Å². The van der Waals surface area contributed by atoms with Gasteiger partial charge in [0.2, 0.25) is 0 Å². The second-order valence-corrected chi connectivity index (χ2v) is 4.64. The number of halogens is 2. The van der Waals surface area contributed by atoms with Crippen molar-refractivity contribution in [3.8, 4) is 0 Å². The van der Waals surface area contributed by atoms with Gasteiger partial charge >= 0.3 is 5.88 Å². The first-order valence-corrected chi connectivity index (χ1v) is 6.06. The maximum atomic E-state index is 12.9. The second-order valence-electron chi connectivity index (χ2n) is 3.47. The molecule has 2 rings (SSSR count). The lowest BCUT2D eigenvalue weighted by atomic mass is 10.3. The predicted octanol–water partition coefficient (Wildman–Crippen LogP) is 3.18. The van der Waals surface area contributed by atoms with Gasteiger partial charge in [-0.05, 0) is 46.9 Å². The van der Waals surface area contributed by atoms with Crippen molar-refractivity contribution in [2.75, 3.05) is 5.32 Å². The molecule has 19 heavy (non-hydrogen) atoms. The molecule has 0 bridgehead atoms. The van der Waals surface area contributed by atoms with Crippen LogP contribution in [-0.2, 0) is 0 Å². The van der Waals surface area contributed by atoms with Gasteiger partial charge in [0.15, 0.2) is 5.76 Å². The molecule has 1 aromatic carbocycles. The van der Waals surface area contributed by atoms with Crippen molar-refractivity contribution in [3.63, 3.8) is 0 Å². The Morgan fingerprint density at radius 1 is 1.37 bits per heavy atom. The van der Waals surface area contributed by atoms with Gasteiger partial charge in [-0.2, -0.15) is 0 Å². The zero-order chi connectivity index (χ0) is 14.0. The number of nitrogens with zero attached hydrogens (tertiary/aromatic N) is 1. The zero-order valence-electron chi connectivity index (χ0n) is 9.22. The van der Waals surface area contributed by atoms with Crippen molar-refractivity contribution in [1.29, 1.82) is 0 Å². The summed E-state index contributed by atoms with van der Waals surface area (Å²) in [6, 6.07) is 6.13. The summed E-state index contributed by atoms with van der Waals surface area (Å²) in [6.07, 6.45) is 0. The van der Waals surface area contributed by atoms with Crippen LogP contribution in [0.1, 0.15) is 10.6 Å². The van der Waals surface area contributed by atoms with Crippen molar-refractivity contribution in [2.24, 2.45) is 0 Å². The fourth-order valence-corrected chi connectivity index (χ4v) is 1.93. The molecule has 6 nitrogen and oxygen atoms in total. The normalized spacial score (nSPS) is 10.2. The first-order chi connectivity index (χ1) is 8.97. The van der Waals surface area contributed by atoms with E-state index in [4.69, 9.17) is 4.42 Å². The summed E-state index contributed by atoms with van der Waals surface area (Å²) in [5.74, 6) is -1.76. The molecule has 0 aliphatic rings. The first-order valence-electron chi connectivity index (χ1n) is 4.98. The van der Waals surface area contributed by atoms with Crippen molar-refractivity contribution in [2.45, 2.75) is 0 Å². The van der Waals surface area contributed by atoms with Crippen LogP contribution in [0, 0.1) is 19.5 Å². The molecule has 0 aliphatic heterocycles. The Labute approximate surface area is 119 Å². The molecule has 0 spiro atoms. The molecule has 98 valence electrons. The van der Waals surface area contributed by atoms with Crippen LogP contribution in [0.5, 0.6) is 0 Å². The van der Waals surface area contributed by atoms with Gasteiger partial charge in [0.1, 0.15) is 10.7 Å². The van der Waals surface area contributed by atoms with E-state index in [0.717, 1.165) is 6.07 Å². The van der Waals surface area contributed by atoms with Gasteiger partial charge < -0.3 is 9.73 Å². The number of carbonyl (C=O) groups is 1. The smallest absolute Gasteiger partial charge is 0.395 e. The van der Waals surface area contributed by atoms with Crippen molar-refractivity contribution in [3.05, 3.63) is 55.6 Å². The van der Waals surface area contributed by atoms with Gasteiger partial charge in [-0.15, -0.1) is 0 Å². The lowest BCUT2D eigenvalue weighted by Gasteiger charge is -2.05. The standard InChI is InChI=1S/C11H6FIN2O4/c12-6-1-2-8(7(13)5-6)14-11(16)9-3-4-10(19-9)15(17)18/h1-5H,(H,14,16). The lowest BCUT2D eigenvalue weighted by molar-refractivity contribution is -0.402. The minimum Gasteiger partial charge on any atom is -0.395 e. The van der Waals surface area contributed by atoms with E-state index in [9.17, 15) is 19.3 Å². The molecule has 0 saturated carbocycles. The van der Waals surface area contributed by atoms with E-state index in [-0.39, 0.29) is 5.76 Å². The van der Waals surface area contributed by atoms with E-state index in [1.165, 1.54) is 24.3 Å². The van der Waals surface area contributed by atoms with Crippen LogP contribution in [-0.4, -0.2) is 10.8 Å². The predicted molar refractivity (Wildman–Crippen MR) is 72.4 cm³/mol. The fourth-order valence-electron chi connectivity index (χ4n) is 1.32. The summed E-state index contributed by atoms with van der Waals surface area (Å²) in [7, 11) is 0. The Balaban J connectivity index is 2.18. The quantitative estimate of drug-likeness (QED) is 0.507. The monoisotopic (exact) mass is 376 g/mol. The highest BCUT2D eigenvalue weighted by Crippen LogP contribution is 2.21. The summed E-state index contributed by atoms with van der Waals surface area (Å²) in [4.78, 5) is 21.4. The van der Waals surface area contributed by atoms with E-state index in [1.807, 2.05) is 22.6 Å². The molecule has 0 fully saturated rings. The summed E-state index contributed by atoms with van der Waals surface area (Å²) < 4.78 is 18.2. The molecular weight excluding hydrogens is 370 g/mol. The number of amides is 1. The van der Waals surface area contributed by atoms with E-state index >= 15 is 0 Å². The van der Waals surface area contributed by atoms with Crippen LogP contribution >= 0.6 is 22.6 Å². The molecule has 8 heteroatoms. The van der Waals surface area contributed by atoms with Crippen molar-refractivity contribution < 1.29 is 18.5 Å². The number of anilines is 1. The molecule has 1 aromatic heterocycles. The molecule has 0 saturated heterocycles. The first kappa shape index (κ1) is 13.5. The number of carbonyl (C=O) groups excluding carboxylic acids is 1. The summed E-state index contributed by atoms with van der Waals surface area (Å²) in [5.41, 5.74) is 0.394. The Kier molecular flexibility index (Phi) is 3.79. The highest BCUT2D eigenvalue weighted by molar-refractivity contribution is 14.1. The third-order valence-corrected chi connectivity index (χ3v) is 3.07.